The zero-order valence-corrected chi connectivity index (χ0v) is 11.3. The van der Waals surface area contributed by atoms with Crippen LogP contribution in [0, 0.1) is 26.6 Å². The van der Waals surface area contributed by atoms with Crippen LogP contribution >= 0.6 is 11.3 Å². The van der Waals surface area contributed by atoms with Gasteiger partial charge in [-0.05, 0) is 45.0 Å². The molecule has 0 N–H and O–H groups in total. The molecule has 0 atom stereocenters. The zero-order valence-electron chi connectivity index (χ0n) is 10.5. The Hall–Kier alpha value is -1.68. The molecule has 0 aliphatic carbocycles. The molecule has 0 amide bonds. The molecule has 0 radical (unpaired) electrons. The lowest BCUT2D eigenvalue weighted by Crippen LogP contribution is -1.89. The molecule has 0 fully saturated rings. The molecule has 0 unspecified atom stereocenters. The Balaban J connectivity index is 2.24. The number of aromatic nitrogens is 2. The number of fused-ring (bicyclic) bond motifs is 1. The smallest absolute Gasteiger partial charge is 0.194 e. The molecule has 3 rings (SSSR count). The van der Waals surface area contributed by atoms with E-state index in [9.17, 15) is 4.39 Å². The minimum absolute atomic E-state index is 0.218. The average Bonchev–Trinajstić information content (AvgIpc) is 2.80. The molecular formula is C14H13FN2S. The summed E-state index contributed by atoms with van der Waals surface area (Å²) in [7, 11) is 0. The Labute approximate surface area is 109 Å². The maximum Gasteiger partial charge on any atom is 0.194 e. The summed E-state index contributed by atoms with van der Waals surface area (Å²) in [6, 6.07) is 6.49. The largest absolute Gasteiger partial charge is 0.291 e. The first kappa shape index (κ1) is 11.4. The van der Waals surface area contributed by atoms with Crippen molar-refractivity contribution in [1.29, 1.82) is 0 Å². The van der Waals surface area contributed by atoms with E-state index in [4.69, 9.17) is 0 Å². The van der Waals surface area contributed by atoms with Crippen molar-refractivity contribution in [2.24, 2.45) is 0 Å². The number of imidazole rings is 1. The fraction of sp³-hybridized carbons (Fsp3) is 0.214. The monoisotopic (exact) mass is 260 g/mol. The van der Waals surface area contributed by atoms with Crippen molar-refractivity contribution < 1.29 is 4.39 Å². The minimum atomic E-state index is -0.218. The van der Waals surface area contributed by atoms with Gasteiger partial charge in [-0.25, -0.2) is 9.37 Å². The SMILES string of the molecule is Cc1sc2nc(-c3ccc(F)cc3)c(C)n2c1C. The van der Waals surface area contributed by atoms with E-state index in [1.54, 1.807) is 23.5 Å². The van der Waals surface area contributed by atoms with Crippen LogP contribution in [0.15, 0.2) is 24.3 Å². The van der Waals surface area contributed by atoms with E-state index in [1.165, 1.54) is 22.7 Å². The van der Waals surface area contributed by atoms with Gasteiger partial charge in [0.1, 0.15) is 5.82 Å². The van der Waals surface area contributed by atoms with E-state index in [1.807, 2.05) is 0 Å². The summed E-state index contributed by atoms with van der Waals surface area (Å²) < 4.78 is 15.1. The molecule has 92 valence electrons. The lowest BCUT2D eigenvalue weighted by atomic mass is 10.1. The second kappa shape index (κ2) is 3.92. The molecule has 2 nitrogen and oxygen atoms in total. The molecule has 2 aromatic heterocycles. The second-order valence-corrected chi connectivity index (χ2v) is 5.60. The molecule has 0 saturated heterocycles. The van der Waals surface area contributed by atoms with Gasteiger partial charge >= 0.3 is 0 Å². The molecular weight excluding hydrogens is 247 g/mol. The number of hydrogen-bond donors (Lipinski definition) is 0. The predicted octanol–water partition coefficient (Wildman–Crippen LogP) is 4.13. The highest BCUT2D eigenvalue weighted by Crippen LogP contribution is 2.30. The number of halogens is 1. The molecule has 2 heterocycles. The maximum absolute atomic E-state index is 12.9. The van der Waals surface area contributed by atoms with Gasteiger partial charge in [0.2, 0.25) is 0 Å². The Morgan fingerprint density at radius 3 is 2.33 bits per heavy atom. The fourth-order valence-corrected chi connectivity index (χ4v) is 3.20. The second-order valence-electron chi connectivity index (χ2n) is 4.41. The molecule has 0 aliphatic heterocycles. The van der Waals surface area contributed by atoms with E-state index in [0.29, 0.717) is 0 Å². The van der Waals surface area contributed by atoms with Crippen molar-refractivity contribution in [2.75, 3.05) is 0 Å². The molecule has 4 heteroatoms. The maximum atomic E-state index is 12.9. The standard InChI is InChI=1S/C14H13FN2S/c1-8-10(3)18-14-16-13(9(2)17(8)14)11-4-6-12(15)7-5-11/h4-7H,1-3H3. The number of aryl methyl sites for hydroxylation is 3. The zero-order chi connectivity index (χ0) is 12.9. The minimum Gasteiger partial charge on any atom is -0.291 e. The van der Waals surface area contributed by atoms with Gasteiger partial charge < -0.3 is 0 Å². The van der Waals surface area contributed by atoms with Gasteiger partial charge in [-0.2, -0.15) is 0 Å². The number of hydrogen-bond acceptors (Lipinski definition) is 2. The fourth-order valence-electron chi connectivity index (χ4n) is 2.19. The van der Waals surface area contributed by atoms with Crippen LogP contribution in [0.1, 0.15) is 16.3 Å². The van der Waals surface area contributed by atoms with Crippen LogP contribution in [0.2, 0.25) is 0 Å². The summed E-state index contributed by atoms with van der Waals surface area (Å²) in [5.74, 6) is -0.218. The summed E-state index contributed by atoms with van der Waals surface area (Å²) in [5, 5.41) is 0. The topological polar surface area (TPSA) is 17.3 Å². The van der Waals surface area contributed by atoms with Crippen molar-refractivity contribution in [2.45, 2.75) is 20.8 Å². The van der Waals surface area contributed by atoms with Crippen molar-refractivity contribution in [1.82, 2.24) is 9.38 Å². The first-order chi connectivity index (χ1) is 8.58. The predicted molar refractivity (Wildman–Crippen MR) is 72.7 cm³/mol. The van der Waals surface area contributed by atoms with Gasteiger partial charge in [-0.15, -0.1) is 11.3 Å². The molecule has 0 saturated carbocycles. The lowest BCUT2D eigenvalue weighted by Gasteiger charge is -2.00. The van der Waals surface area contributed by atoms with Crippen molar-refractivity contribution >= 4 is 16.3 Å². The molecule has 0 spiro atoms. The quantitative estimate of drug-likeness (QED) is 0.643. The molecule has 1 aromatic carbocycles. The number of thiazole rings is 1. The Morgan fingerprint density at radius 2 is 1.72 bits per heavy atom. The summed E-state index contributed by atoms with van der Waals surface area (Å²) in [4.78, 5) is 6.94. The van der Waals surface area contributed by atoms with Crippen LogP contribution < -0.4 is 0 Å². The van der Waals surface area contributed by atoms with Crippen LogP contribution in [-0.2, 0) is 0 Å². The Bertz CT molecular complexity index is 722. The highest BCUT2D eigenvalue weighted by Gasteiger charge is 2.15. The van der Waals surface area contributed by atoms with Crippen LogP contribution in [0.25, 0.3) is 16.2 Å². The average molecular weight is 260 g/mol. The first-order valence-electron chi connectivity index (χ1n) is 5.79. The number of benzene rings is 1. The Morgan fingerprint density at radius 1 is 1.06 bits per heavy atom. The van der Waals surface area contributed by atoms with Crippen LogP contribution in [0.3, 0.4) is 0 Å². The van der Waals surface area contributed by atoms with E-state index < -0.39 is 0 Å². The lowest BCUT2D eigenvalue weighted by molar-refractivity contribution is 0.628. The van der Waals surface area contributed by atoms with E-state index in [-0.39, 0.29) is 5.82 Å². The highest BCUT2D eigenvalue weighted by molar-refractivity contribution is 7.17. The van der Waals surface area contributed by atoms with Gasteiger partial charge in [0.15, 0.2) is 4.96 Å². The Kier molecular flexibility index (Phi) is 2.48. The van der Waals surface area contributed by atoms with Gasteiger partial charge in [-0.1, -0.05) is 0 Å². The van der Waals surface area contributed by atoms with Gasteiger partial charge in [-0.3, -0.25) is 4.40 Å². The summed E-state index contributed by atoms with van der Waals surface area (Å²) in [6.07, 6.45) is 0. The summed E-state index contributed by atoms with van der Waals surface area (Å²) >= 11 is 1.69. The third-order valence-electron chi connectivity index (χ3n) is 3.28. The summed E-state index contributed by atoms with van der Waals surface area (Å²) in [6.45, 7) is 6.26. The van der Waals surface area contributed by atoms with Gasteiger partial charge in [0.25, 0.3) is 0 Å². The van der Waals surface area contributed by atoms with Crippen molar-refractivity contribution in [3.8, 4) is 11.3 Å². The van der Waals surface area contributed by atoms with Crippen molar-refractivity contribution in [3.63, 3.8) is 0 Å². The van der Waals surface area contributed by atoms with E-state index >= 15 is 0 Å². The van der Waals surface area contributed by atoms with Crippen LogP contribution in [0.4, 0.5) is 4.39 Å². The molecule has 18 heavy (non-hydrogen) atoms. The summed E-state index contributed by atoms with van der Waals surface area (Å²) in [5.41, 5.74) is 4.23. The molecule has 0 aliphatic rings. The van der Waals surface area contributed by atoms with Crippen LogP contribution in [0.5, 0.6) is 0 Å². The van der Waals surface area contributed by atoms with E-state index in [2.05, 4.69) is 30.2 Å². The van der Waals surface area contributed by atoms with Gasteiger partial charge in [0.05, 0.1) is 5.69 Å². The normalized spacial score (nSPS) is 11.3. The number of nitrogens with zero attached hydrogens (tertiary/aromatic N) is 2. The van der Waals surface area contributed by atoms with Crippen molar-refractivity contribution in [3.05, 3.63) is 46.3 Å². The van der Waals surface area contributed by atoms with Gasteiger partial charge in [0, 0.05) is 21.8 Å². The third kappa shape index (κ3) is 1.56. The molecule has 0 bridgehead atoms. The molecule has 3 aromatic rings. The van der Waals surface area contributed by atoms with Crippen LogP contribution in [-0.4, -0.2) is 9.38 Å². The highest BCUT2D eigenvalue weighted by atomic mass is 32.1. The third-order valence-corrected chi connectivity index (χ3v) is 4.34. The number of rotatable bonds is 1. The first-order valence-corrected chi connectivity index (χ1v) is 6.60. The van der Waals surface area contributed by atoms with E-state index in [0.717, 1.165) is 21.9 Å².